The Labute approximate surface area is 151 Å². The van der Waals surface area contributed by atoms with E-state index in [2.05, 4.69) is 27.4 Å². The minimum atomic E-state index is 0.573. The van der Waals surface area contributed by atoms with Gasteiger partial charge in [-0.05, 0) is 45.0 Å². The normalized spacial score (nSPS) is 15.7. The van der Waals surface area contributed by atoms with Gasteiger partial charge in [0.2, 0.25) is 0 Å². The minimum Gasteiger partial charge on any atom is -0.497 e. The molecule has 2 N–H and O–H groups in total. The van der Waals surface area contributed by atoms with Crippen LogP contribution in [0.3, 0.4) is 0 Å². The highest BCUT2D eigenvalue weighted by molar-refractivity contribution is 5.79. The van der Waals surface area contributed by atoms with E-state index in [-0.39, 0.29) is 0 Å². The van der Waals surface area contributed by atoms with E-state index in [1.807, 2.05) is 24.3 Å². The number of hydrogen-bond acceptors (Lipinski definition) is 4. The lowest BCUT2D eigenvalue weighted by Gasteiger charge is -2.25. The molecule has 6 heteroatoms. The monoisotopic (exact) mass is 348 g/mol. The fourth-order valence-corrected chi connectivity index (χ4v) is 2.86. The summed E-state index contributed by atoms with van der Waals surface area (Å²) >= 11 is 0. The highest BCUT2D eigenvalue weighted by Gasteiger charge is 2.08. The van der Waals surface area contributed by atoms with Crippen LogP contribution in [0.2, 0.25) is 0 Å². The average Bonchev–Trinajstić information content (AvgIpc) is 2.66. The fourth-order valence-electron chi connectivity index (χ4n) is 2.86. The van der Waals surface area contributed by atoms with Gasteiger partial charge < -0.3 is 25.0 Å². The third kappa shape index (κ3) is 7.65. The number of rotatable bonds is 9. The molecule has 0 spiro atoms. The van der Waals surface area contributed by atoms with Crippen molar-refractivity contribution in [2.24, 2.45) is 4.99 Å². The fraction of sp³-hybridized carbons (Fsp3) is 0.632. The Morgan fingerprint density at radius 2 is 1.96 bits per heavy atom. The van der Waals surface area contributed by atoms with Gasteiger partial charge in [-0.25, -0.2) is 0 Å². The van der Waals surface area contributed by atoms with Gasteiger partial charge >= 0.3 is 0 Å². The third-order valence-electron chi connectivity index (χ3n) is 4.18. The van der Waals surface area contributed by atoms with Gasteiger partial charge in [0.1, 0.15) is 18.1 Å². The van der Waals surface area contributed by atoms with Gasteiger partial charge in [0, 0.05) is 19.2 Å². The Balaban J connectivity index is 1.68. The SMILES string of the molecule is CCNC(=NCCN1CCCCC1)NCCOc1cccc(OC)c1. The molecule has 6 nitrogen and oxygen atoms in total. The van der Waals surface area contributed by atoms with Crippen LogP contribution in [-0.2, 0) is 0 Å². The standard InChI is InChI=1S/C19H32N4O2/c1-3-20-19(21-10-14-23-12-5-4-6-13-23)22-11-15-25-18-9-7-8-17(16-18)24-2/h7-9,16H,3-6,10-15H2,1-2H3,(H2,20,21,22). The summed E-state index contributed by atoms with van der Waals surface area (Å²) in [5.74, 6) is 2.47. The second kappa shape index (κ2) is 11.6. The van der Waals surface area contributed by atoms with Crippen molar-refractivity contribution in [3.63, 3.8) is 0 Å². The average molecular weight is 348 g/mol. The Bertz CT molecular complexity index is 516. The van der Waals surface area contributed by atoms with Crippen LogP contribution in [0.25, 0.3) is 0 Å². The largest absolute Gasteiger partial charge is 0.497 e. The maximum atomic E-state index is 5.74. The molecule has 0 bridgehead atoms. The number of guanidine groups is 1. The highest BCUT2D eigenvalue weighted by atomic mass is 16.5. The zero-order valence-corrected chi connectivity index (χ0v) is 15.6. The molecule has 0 aromatic heterocycles. The molecular weight excluding hydrogens is 316 g/mol. The molecule has 0 saturated carbocycles. The Kier molecular flexibility index (Phi) is 8.97. The molecule has 25 heavy (non-hydrogen) atoms. The van der Waals surface area contributed by atoms with Crippen LogP contribution in [0.1, 0.15) is 26.2 Å². The molecule has 0 unspecified atom stereocenters. The van der Waals surface area contributed by atoms with Gasteiger partial charge in [-0.1, -0.05) is 12.5 Å². The van der Waals surface area contributed by atoms with Crippen LogP contribution in [0, 0.1) is 0 Å². The molecule has 1 aliphatic heterocycles. The zero-order chi connectivity index (χ0) is 17.7. The molecule has 1 aliphatic rings. The van der Waals surface area contributed by atoms with Crippen molar-refractivity contribution in [3.05, 3.63) is 24.3 Å². The highest BCUT2D eigenvalue weighted by Crippen LogP contribution is 2.18. The first-order valence-corrected chi connectivity index (χ1v) is 9.33. The predicted molar refractivity (Wildman–Crippen MR) is 103 cm³/mol. The number of likely N-dealkylation sites (tertiary alicyclic amines) is 1. The summed E-state index contributed by atoms with van der Waals surface area (Å²) in [6.45, 7) is 8.50. The third-order valence-corrected chi connectivity index (χ3v) is 4.18. The number of ether oxygens (including phenoxy) is 2. The molecule has 1 heterocycles. The van der Waals surface area contributed by atoms with E-state index in [0.717, 1.165) is 37.1 Å². The van der Waals surface area contributed by atoms with E-state index >= 15 is 0 Å². The van der Waals surface area contributed by atoms with Gasteiger partial charge in [0.25, 0.3) is 0 Å². The first-order valence-electron chi connectivity index (χ1n) is 9.33. The van der Waals surface area contributed by atoms with Crippen LogP contribution in [0.15, 0.2) is 29.3 Å². The minimum absolute atomic E-state index is 0.573. The maximum absolute atomic E-state index is 5.74. The lowest BCUT2D eigenvalue weighted by Crippen LogP contribution is -2.40. The predicted octanol–water partition coefficient (Wildman–Crippen LogP) is 2.12. The summed E-state index contributed by atoms with van der Waals surface area (Å²) in [5.41, 5.74) is 0. The van der Waals surface area contributed by atoms with E-state index in [1.165, 1.54) is 32.4 Å². The van der Waals surface area contributed by atoms with Crippen LogP contribution in [0.4, 0.5) is 0 Å². The quantitative estimate of drug-likeness (QED) is 0.407. The van der Waals surface area contributed by atoms with Crippen LogP contribution >= 0.6 is 0 Å². The van der Waals surface area contributed by atoms with Crippen LogP contribution in [0.5, 0.6) is 11.5 Å². The van der Waals surface area contributed by atoms with Crippen LogP contribution < -0.4 is 20.1 Å². The molecule has 0 amide bonds. The van der Waals surface area contributed by atoms with Gasteiger partial charge in [-0.2, -0.15) is 0 Å². The molecule has 140 valence electrons. The van der Waals surface area contributed by atoms with Crippen molar-refractivity contribution in [2.75, 3.05) is 53.0 Å². The van der Waals surface area contributed by atoms with Crippen molar-refractivity contribution < 1.29 is 9.47 Å². The molecule has 0 aliphatic carbocycles. The summed E-state index contributed by atoms with van der Waals surface area (Å²) in [5, 5.41) is 6.60. The summed E-state index contributed by atoms with van der Waals surface area (Å²) in [6.07, 6.45) is 4.02. The summed E-state index contributed by atoms with van der Waals surface area (Å²) in [4.78, 5) is 7.16. The summed E-state index contributed by atoms with van der Waals surface area (Å²) in [6, 6.07) is 7.65. The Morgan fingerprint density at radius 3 is 2.72 bits per heavy atom. The second-order valence-corrected chi connectivity index (χ2v) is 6.12. The van der Waals surface area contributed by atoms with E-state index in [1.54, 1.807) is 7.11 Å². The number of methoxy groups -OCH3 is 1. The molecule has 1 aromatic rings. The number of piperidine rings is 1. The summed E-state index contributed by atoms with van der Waals surface area (Å²) < 4.78 is 10.9. The van der Waals surface area contributed by atoms with Crippen molar-refractivity contribution >= 4 is 5.96 Å². The smallest absolute Gasteiger partial charge is 0.191 e. The zero-order valence-electron chi connectivity index (χ0n) is 15.6. The number of nitrogens with one attached hydrogen (secondary N) is 2. The molecule has 1 aromatic carbocycles. The van der Waals surface area contributed by atoms with Gasteiger partial charge in [0.15, 0.2) is 5.96 Å². The lowest BCUT2D eigenvalue weighted by atomic mass is 10.1. The number of benzene rings is 1. The number of aliphatic imine (C=N–C) groups is 1. The number of nitrogens with zero attached hydrogens (tertiary/aromatic N) is 2. The molecular formula is C19H32N4O2. The summed E-state index contributed by atoms with van der Waals surface area (Å²) in [7, 11) is 1.66. The molecule has 2 rings (SSSR count). The van der Waals surface area contributed by atoms with Crippen molar-refractivity contribution in [2.45, 2.75) is 26.2 Å². The van der Waals surface area contributed by atoms with Crippen molar-refractivity contribution in [1.82, 2.24) is 15.5 Å². The van der Waals surface area contributed by atoms with E-state index in [0.29, 0.717) is 13.2 Å². The van der Waals surface area contributed by atoms with E-state index < -0.39 is 0 Å². The van der Waals surface area contributed by atoms with Gasteiger partial charge in [0.05, 0.1) is 20.2 Å². The topological polar surface area (TPSA) is 58.1 Å². The molecule has 0 atom stereocenters. The van der Waals surface area contributed by atoms with Crippen LogP contribution in [-0.4, -0.2) is 63.8 Å². The first kappa shape index (κ1) is 19.4. The Hall–Kier alpha value is -1.95. The molecule has 0 radical (unpaired) electrons. The lowest BCUT2D eigenvalue weighted by molar-refractivity contribution is 0.235. The van der Waals surface area contributed by atoms with E-state index in [9.17, 15) is 0 Å². The van der Waals surface area contributed by atoms with Gasteiger partial charge in [-0.3, -0.25) is 4.99 Å². The first-order chi connectivity index (χ1) is 12.3. The van der Waals surface area contributed by atoms with Crippen molar-refractivity contribution in [1.29, 1.82) is 0 Å². The second-order valence-electron chi connectivity index (χ2n) is 6.12. The molecule has 1 fully saturated rings. The van der Waals surface area contributed by atoms with Crippen molar-refractivity contribution in [3.8, 4) is 11.5 Å². The number of hydrogen-bond donors (Lipinski definition) is 2. The Morgan fingerprint density at radius 1 is 1.16 bits per heavy atom. The van der Waals surface area contributed by atoms with Gasteiger partial charge in [-0.15, -0.1) is 0 Å². The van der Waals surface area contributed by atoms with E-state index in [4.69, 9.17) is 9.47 Å². The molecule has 1 saturated heterocycles. The maximum Gasteiger partial charge on any atom is 0.191 e.